The van der Waals surface area contributed by atoms with Crippen LogP contribution in [0, 0.1) is 0 Å². The molecule has 1 unspecified atom stereocenters. The summed E-state index contributed by atoms with van der Waals surface area (Å²) in [4.78, 5) is 17.5. The molecule has 0 bridgehead atoms. The maximum absolute atomic E-state index is 11.7. The second-order valence-corrected chi connectivity index (χ2v) is 4.72. The molecule has 0 saturated carbocycles. The summed E-state index contributed by atoms with van der Waals surface area (Å²) in [5.41, 5.74) is 0. The first-order valence-electron chi connectivity index (χ1n) is 5.75. The van der Waals surface area contributed by atoms with Gasteiger partial charge in [-0.2, -0.15) is 0 Å². The molecule has 1 aromatic heterocycles. The van der Waals surface area contributed by atoms with Gasteiger partial charge in [0.15, 0.2) is 0 Å². The topological polar surface area (TPSA) is 65.5 Å². The Morgan fingerprint density at radius 2 is 2.33 bits per heavy atom. The zero-order valence-electron chi connectivity index (χ0n) is 10.6. The number of halogens is 1. The predicted octanol–water partition coefficient (Wildman–Crippen LogP) is 1.38. The van der Waals surface area contributed by atoms with Gasteiger partial charge in [0, 0.05) is 12.7 Å². The van der Waals surface area contributed by atoms with Crippen LogP contribution in [0.15, 0.2) is 18.3 Å². The minimum Gasteiger partial charge on any atom is -0.393 e. The molecular formula is C12H18ClN3O2. The van der Waals surface area contributed by atoms with E-state index in [1.807, 2.05) is 11.9 Å². The molecule has 6 heteroatoms. The van der Waals surface area contributed by atoms with Crippen LogP contribution >= 0.6 is 11.6 Å². The quantitative estimate of drug-likeness (QED) is 0.820. The Balaban J connectivity index is 2.34. The van der Waals surface area contributed by atoms with Crippen LogP contribution in [-0.4, -0.2) is 47.1 Å². The van der Waals surface area contributed by atoms with Gasteiger partial charge in [-0.15, -0.1) is 0 Å². The van der Waals surface area contributed by atoms with E-state index in [0.717, 1.165) is 0 Å². The summed E-state index contributed by atoms with van der Waals surface area (Å²) < 4.78 is 0. The fourth-order valence-electron chi connectivity index (χ4n) is 1.36. The Morgan fingerprint density at radius 3 is 2.89 bits per heavy atom. The lowest BCUT2D eigenvalue weighted by atomic mass is 10.3. The number of nitrogens with one attached hydrogen (secondary N) is 1. The molecule has 0 aromatic carbocycles. The van der Waals surface area contributed by atoms with Crippen LogP contribution in [0.3, 0.4) is 0 Å². The smallest absolute Gasteiger partial charge is 0.239 e. The molecule has 2 N–H and O–H groups in total. The number of pyridine rings is 1. The van der Waals surface area contributed by atoms with Crippen molar-refractivity contribution in [2.24, 2.45) is 0 Å². The Morgan fingerprint density at radius 1 is 1.61 bits per heavy atom. The highest BCUT2D eigenvalue weighted by molar-refractivity contribution is 6.30. The van der Waals surface area contributed by atoms with Gasteiger partial charge in [-0.1, -0.05) is 11.6 Å². The van der Waals surface area contributed by atoms with E-state index in [2.05, 4.69) is 10.3 Å². The minimum atomic E-state index is -0.353. The van der Waals surface area contributed by atoms with Crippen LogP contribution in [0.1, 0.15) is 13.3 Å². The van der Waals surface area contributed by atoms with E-state index >= 15 is 0 Å². The van der Waals surface area contributed by atoms with Crippen molar-refractivity contribution in [1.82, 2.24) is 9.88 Å². The fraction of sp³-hybridized carbons (Fsp3) is 0.500. The third kappa shape index (κ3) is 5.95. The molecule has 0 spiro atoms. The molecule has 1 rings (SSSR count). The summed E-state index contributed by atoms with van der Waals surface area (Å²) in [6, 6.07) is 3.32. The van der Waals surface area contributed by atoms with Gasteiger partial charge in [0.2, 0.25) is 5.91 Å². The molecule has 0 aliphatic rings. The molecule has 1 aromatic rings. The summed E-state index contributed by atoms with van der Waals surface area (Å²) in [6.07, 6.45) is 1.77. The monoisotopic (exact) mass is 271 g/mol. The summed E-state index contributed by atoms with van der Waals surface area (Å²) in [6.45, 7) is 2.65. The maximum Gasteiger partial charge on any atom is 0.239 e. The predicted molar refractivity (Wildman–Crippen MR) is 71.7 cm³/mol. The lowest BCUT2D eigenvalue weighted by Gasteiger charge is -2.16. The minimum absolute atomic E-state index is 0.141. The number of hydrogen-bond acceptors (Lipinski definition) is 4. The third-order valence-electron chi connectivity index (χ3n) is 2.34. The Bertz CT molecular complexity index is 381. The second kappa shape index (κ2) is 7.31. The van der Waals surface area contributed by atoms with Crippen molar-refractivity contribution in [3.05, 3.63) is 23.4 Å². The normalized spacial score (nSPS) is 12.5. The molecule has 0 radical (unpaired) electrons. The fourth-order valence-corrected chi connectivity index (χ4v) is 1.48. The first kappa shape index (κ1) is 14.9. The number of carbonyl (C=O) groups is 1. The van der Waals surface area contributed by atoms with Crippen molar-refractivity contribution in [1.29, 1.82) is 0 Å². The largest absolute Gasteiger partial charge is 0.393 e. The van der Waals surface area contributed by atoms with E-state index in [1.165, 1.54) is 6.20 Å². The van der Waals surface area contributed by atoms with E-state index in [-0.39, 0.29) is 18.6 Å². The van der Waals surface area contributed by atoms with E-state index in [1.54, 1.807) is 19.1 Å². The summed E-state index contributed by atoms with van der Waals surface area (Å²) in [5, 5.41) is 12.4. The van der Waals surface area contributed by atoms with Crippen LogP contribution in [-0.2, 0) is 4.79 Å². The van der Waals surface area contributed by atoms with Gasteiger partial charge < -0.3 is 10.4 Å². The SMILES string of the molecule is CC(O)CCN(C)CC(=O)Nc1ccc(Cl)cn1. The lowest BCUT2D eigenvalue weighted by Crippen LogP contribution is -2.32. The Hall–Kier alpha value is -1.17. The van der Waals surface area contributed by atoms with Crippen molar-refractivity contribution in [2.45, 2.75) is 19.4 Å². The number of likely N-dealkylation sites (N-methyl/N-ethyl adjacent to an activating group) is 1. The number of nitrogens with zero attached hydrogens (tertiary/aromatic N) is 2. The van der Waals surface area contributed by atoms with Gasteiger partial charge in [-0.3, -0.25) is 9.69 Å². The van der Waals surface area contributed by atoms with Crippen molar-refractivity contribution in [3.8, 4) is 0 Å². The number of amides is 1. The maximum atomic E-state index is 11.7. The lowest BCUT2D eigenvalue weighted by molar-refractivity contribution is -0.117. The van der Waals surface area contributed by atoms with E-state index < -0.39 is 0 Å². The third-order valence-corrected chi connectivity index (χ3v) is 2.56. The molecule has 1 amide bonds. The van der Waals surface area contributed by atoms with Crippen molar-refractivity contribution < 1.29 is 9.90 Å². The number of hydrogen-bond donors (Lipinski definition) is 2. The highest BCUT2D eigenvalue weighted by Gasteiger charge is 2.08. The van der Waals surface area contributed by atoms with Gasteiger partial charge in [-0.05, 0) is 32.5 Å². The van der Waals surface area contributed by atoms with E-state index in [0.29, 0.717) is 23.8 Å². The van der Waals surface area contributed by atoms with Gasteiger partial charge in [0.25, 0.3) is 0 Å². The van der Waals surface area contributed by atoms with E-state index in [4.69, 9.17) is 16.7 Å². The molecule has 1 heterocycles. The van der Waals surface area contributed by atoms with Crippen LogP contribution in [0.25, 0.3) is 0 Å². The molecule has 100 valence electrons. The summed E-state index contributed by atoms with van der Waals surface area (Å²) in [7, 11) is 1.83. The summed E-state index contributed by atoms with van der Waals surface area (Å²) in [5.74, 6) is 0.339. The van der Waals surface area contributed by atoms with Crippen LogP contribution < -0.4 is 5.32 Å². The number of anilines is 1. The van der Waals surface area contributed by atoms with Gasteiger partial charge in [-0.25, -0.2) is 4.98 Å². The summed E-state index contributed by atoms with van der Waals surface area (Å²) >= 11 is 5.70. The highest BCUT2D eigenvalue weighted by atomic mass is 35.5. The zero-order valence-corrected chi connectivity index (χ0v) is 11.3. The van der Waals surface area contributed by atoms with E-state index in [9.17, 15) is 4.79 Å². The van der Waals surface area contributed by atoms with Crippen molar-refractivity contribution in [2.75, 3.05) is 25.5 Å². The molecule has 0 fully saturated rings. The van der Waals surface area contributed by atoms with Gasteiger partial charge in [0.05, 0.1) is 17.7 Å². The molecule has 0 aliphatic heterocycles. The number of aliphatic hydroxyl groups is 1. The highest BCUT2D eigenvalue weighted by Crippen LogP contribution is 2.09. The molecule has 0 saturated heterocycles. The Labute approximate surface area is 112 Å². The first-order chi connectivity index (χ1) is 8.47. The Kier molecular flexibility index (Phi) is 6.04. The molecular weight excluding hydrogens is 254 g/mol. The van der Waals surface area contributed by atoms with Crippen molar-refractivity contribution >= 4 is 23.3 Å². The average Bonchev–Trinajstić information content (AvgIpc) is 2.29. The first-order valence-corrected chi connectivity index (χ1v) is 6.13. The number of carbonyl (C=O) groups excluding carboxylic acids is 1. The zero-order chi connectivity index (χ0) is 13.5. The van der Waals surface area contributed by atoms with Crippen LogP contribution in [0.4, 0.5) is 5.82 Å². The molecule has 0 aliphatic carbocycles. The number of aromatic nitrogens is 1. The second-order valence-electron chi connectivity index (χ2n) is 4.29. The van der Waals surface area contributed by atoms with Gasteiger partial charge in [0.1, 0.15) is 5.82 Å². The van der Waals surface area contributed by atoms with Gasteiger partial charge >= 0.3 is 0 Å². The molecule has 5 nitrogen and oxygen atoms in total. The van der Waals surface area contributed by atoms with Crippen LogP contribution in [0.5, 0.6) is 0 Å². The van der Waals surface area contributed by atoms with Crippen LogP contribution in [0.2, 0.25) is 5.02 Å². The molecule has 18 heavy (non-hydrogen) atoms. The number of rotatable bonds is 6. The standard InChI is InChI=1S/C12H18ClN3O2/c1-9(17)5-6-16(2)8-12(18)15-11-4-3-10(13)7-14-11/h3-4,7,9,17H,5-6,8H2,1-2H3,(H,14,15,18). The average molecular weight is 272 g/mol. The molecule has 1 atom stereocenters. The van der Waals surface area contributed by atoms with Crippen molar-refractivity contribution in [3.63, 3.8) is 0 Å². The number of aliphatic hydroxyl groups excluding tert-OH is 1.